The molecule has 0 bridgehead atoms. The van der Waals surface area contributed by atoms with Crippen molar-refractivity contribution in [3.63, 3.8) is 0 Å². The van der Waals surface area contributed by atoms with Crippen LogP contribution >= 0.6 is 15.9 Å². The first-order valence-corrected chi connectivity index (χ1v) is 7.41. The zero-order valence-corrected chi connectivity index (χ0v) is 12.4. The molecule has 0 spiro atoms. The Morgan fingerprint density at radius 1 is 1.24 bits per heavy atom. The lowest BCUT2D eigenvalue weighted by Crippen LogP contribution is -2.26. The normalized spacial score (nSPS) is 18.6. The average molecular weight is 300 g/mol. The van der Waals surface area contributed by atoms with Gasteiger partial charge < -0.3 is 4.57 Å². The number of hydrogen-bond donors (Lipinski definition) is 0. The number of halogens is 1. The molecule has 0 aromatic carbocycles. The highest BCUT2D eigenvalue weighted by Crippen LogP contribution is 2.21. The van der Waals surface area contributed by atoms with E-state index in [0.717, 1.165) is 11.1 Å². The molecule has 0 N–H and O–H groups in total. The number of rotatable bonds is 3. The molecule has 1 fully saturated rings. The molecule has 0 radical (unpaired) electrons. The van der Waals surface area contributed by atoms with E-state index in [1.807, 2.05) is 6.20 Å². The van der Waals surface area contributed by atoms with Crippen LogP contribution in [-0.2, 0) is 6.54 Å². The minimum Gasteiger partial charge on any atom is -0.319 e. The van der Waals surface area contributed by atoms with Crippen LogP contribution in [0.2, 0.25) is 0 Å². The maximum absolute atomic E-state index is 4.54. The maximum atomic E-state index is 4.54. The Hall–Kier alpha value is -0.350. The van der Waals surface area contributed by atoms with E-state index in [1.54, 1.807) is 0 Å². The Balaban J connectivity index is 2.06. The quantitative estimate of drug-likeness (QED) is 0.850. The summed E-state index contributed by atoms with van der Waals surface area (Å²) in [5.74, 6) is 1.19. The van der Waals surface area contributed by atoms with E-state index < -0.39 is 0 Å². The van der Waals surface area contributed by atoms with Crippen LogP contribution in [0.1, 0.15) is 51.4 Å². The van der Waals surface area contributed by atoms with Crippen molar-refractivity contribution in [3.8, 4) is 0 Å². The molecular weight excluding hydrogens is 278 g/mol. The van der Waals surface area contributed by atoms with Crippen molar-refractivity contribution in [2.75, 3.05) is 13.1 Å². The first kappa shape index (κ1) is 13.1. The molecule has 96 valence electrons. The van der Waals surface area contributed by atoms with E-state index in [9.17, 15) is 0 Å². The fourth-order valence-corrected chi connectivity index (χ4v) is 3.25. The van der Waals surface area contributed by atoms with Crippen LogP contribution in [0.25, 0.3) is 0 Å². The molecule has 1 aliphatic rings. The second kappa shape index (κ2) is 6.01. The largest absolute Gasteiger partial charge is 0.319 e. The first-order chi connectivity index (χ1) is 8.18. The highest BCUT2D eigenvalue weighted by atomic mass is 79.9. The average Bonchev–Trinajstić information content (AvgIpc) is 2.51. The highest BCUT2D eigenvalue weighted by Gasteiger charge is 2.15. The van der Waals surface area contributed by atoms with E-state index in [2.05, 4.69) is 44.2 Å². The maximum Gasteiger partial charge on any atom is 0.124 e. The molecular formula is C13H22BrN3. The standard InChI is InChI=1S/C13H22BrN3/c1-11(2)17-12(14)9-15-13(17)10-16-7-5-3-4-6-8-16/h9,11H,3-8,10H2,1-2H3. The topological polar surface area (TPSA) is 21.1 Å². The van der Waals surface area contributed by atoms with Crippen LogP contribution < -0.4 is 0 Å². The molecule has 1 aromatic rings. The lowest BCUT2D eigenvalue weighted by molar-refractivity contribution is 0.263. The molecule has 0 atom stereocenters. The zero-order chi connectivity index (χ0) is 12.3. The molecule has 1 aromatic heterocycles. The van der Waals surface area contributed by atoms with Crippen molar-refractivity contribution in [2.24, 2.45) is 0 Å². The van der Waals surface area contributed by atoms with Crippen molar-refractivity contribution in [1.82, 2.24) is 14.5 Å². The van der Waals surface area contributed by atoms with Crippen LogP contribution in [-0.4, -0.2) is 27.5 Å². The van der Waals surface area contributed by atoms with E-state index in [1.165, 1.54) is 44.6 Å². The van der Waals surface area contributed by atoms with E-state index in [4.69, 9.17) is 0 Å². The molecule has 0 unspecified atom stereocenters. The van der Waals surface area contributed by atoms with Gasteiger partial charge in [0.2, 0.25) is 0 Å². The molecule has 2 heterocycles. The molecule has 17 heavy (non-hydrogen) atoms. The van der Waals surface area contributed by atoms with Gasteiger partial charge in [-0.05, 0) is 55.7 Å². The fraction of sp³-hybridized carbons (Fsp3) is 0.769. The van der Waals surface area contributed by atoms with Gasteiger partial charge in [0.05, 0.1) is 12.7 Å². The van der Waals surface area contributed by atoms with Crippen LogP contribution in [0.4, 0.5) is 0 Å². The predicted octanol–water partition coefficient (Wildman–Crippen LogP) is 3.60. The molecule has 3 nitrogen and oxygen atoms in total. The van der Waals surface area contributed by atoms with Crippen molar-refractivity contribution < 1.29 is 0 Å². The summed E-state index contributed by atoms with van der Waals surface area (Å²) in [6, 6.07) is 0.467. The summed E-state index contributed by atoms with van der Waals surface area (Å²) in [7, 11) is 0. The predicted molar refractivity (Wildman–Crippen MR) is 74.1 cm³/mol. The number of imidazole rings is 1. The fourth-order valence-electron chi connectivity index (χ4n) is 2.53. The van der Waals surface area contributed by atoms with Crippen molar-refractivity contribution >= 4 is 15.9 Å². The van der Waals surface area contributed by atoms with Gasteiger partial charge in [-0.15, -0.1) is 0 Å². The van der Waals surface area contributed by atoms with Gasteiger partial charge in [-0.3, -0.25) is 4.90 Å². The van der Waals surface area contributed by atoms with Crippen LogP contribution in [0.5, 0.6) is 0 Å². The smallest absolute Gasteiger partial charge is 0.124 e. The molecule has 2 rings (SSSR count). The lowest BCUT2D eigenvalue weighted by Gasteiger charge is -2.21. The summed E-state index contributed by atoms with van der Waals surface area (Å²) in [6.45, 7) is 7.85. The van der Waals surface area contributed by atoms with E-state index >= 15 is 0 Å². The van der Waals surface area contributed by atoms with E-state index in [0.29, 0.717) is 6.04 Å². The Kier molecular flexibility index (Phi) is 4.62. The van der Waals surface area contributed by atoms with Gasteiger partial charge in [-0.1, -0.05) is 12.8 Å². The summed E-state index contributed by atoms with van der Waals surface area (Å²) in [4.78, 5) is 7.08. The van der Waals surface area contributed by atoms with Gasteiger partial charge in [-0.2, -0.15) is 0 Å². The van der Waals surface area contributed by atoms with Crippen molar-refractivity contribution in [2.45, 2.75) is 52.1 Å². The molecule has 0 aliphatic carbocycles. The number of nitrogens with zero attached hydrogens (tertiary/aromatic N) is 3. The second-order valence-electron chi connectivity index (χ2n) is 5.15. The lowest BCUT2D eigenvalue weighted by atomic mass is 10.2. The van der Waals surface area contributed by atoms with Gasteiger partial charge in [0.15, 0.2) is 0 Å². The van der Waals surface area contributed by atoms with Crippen molar-refractivity contribution in [1.29, 1.82) is 0 Å². The first-order valence-electron chi connectivity index (χ1n) is 6.62. The van der Waals surface area contributed by atoms with Gasteiger partial charge >= 0.3 is 0 Å². The third-order valence-electron chi connectivity index (χ3n) is 3.41. The van der Waals surface area contributed by atoms with E-state index in [-0.39, 0.29) is 0 Å². The summed E-state index contributed by atoms with van der Waals surface area (Å²) >= 11 is 3.58. The molecule has 0 amide bonds. The van der Waals surface area contributed by atoms with Crippen molar-refractivity contribution in [3.05, 3.63) is 16.6 Å². The Morgan fingerprint density at radius 3 is 2.47 bits per heavy atom. The molecule has 1 aliphatic heterocycles. The molecule has 4 heteroatoms. The molecule has 0 saturated carbocycles. The van der Waals surface area contributed by atoms with Crippen LogP contribution in [0.15, 0.2) is 10.8 Å². The SMILES string of the molecule is CC(C)n1c(Br)cnc1CN1CCCCCC1. The highest BCUT2D eigenvalue weighted by molar-refractivity contribution is 9.10. The van der Waals surface area contributed by atoms with Gasteiger partial charge in [0.25, 0.3) is 0 Å². The van der Waals surface area contributed by atoms with Gasteiger partial charge in [0.1, 0.15) is 10.4 Å². The van der Waals surface area contributed by atoms with Crippen LogP contribution in [0, 0.1) is 0 Å². The summed E-state index contributed by atoms with van der Waals surface area (Å²) in [6.07, 6.45) is 7.37. The third kappa shape index (κ3) is 3.32. The monoisotopic (exact) mass is 299 g/mol. The van der Waals surface area contributed by atoms with Crippen LogP contribution in [0.3, 0.4) is 0 Å². The summed E-state index contributed by atoms with van der Waals surface area (Å²) < 4.78 is 3.38. The van der Waals surface area contributed by atoms with Gasteiger partial charge in [-0.25, -0.2) is 4.98 Å². The summed E-state index contributed by atoms with van der Waals surface area (Å²) in [5.41, 5.74) is 0. The third-order valence-corrected chi connectivity index (χ3v) is 4.00. The minimum atomic E-state index is 0.467. The number of aromatic nitrogens is 2. The van der Waals surface area contributed by atoms with Gasteiger partial charge in [0, 0.05) is 6.04 Å². The Bertz CT molecular complexity index is 352. The number of hydrogen-bond acceptors (Lipinski definition) is 2. The Labute approximate surface area is 112 Å². The zero-order valence-electron chi connectivity index (χ0n) is 10.8. The summed E-state index contributed by atoms with van der Waals surface area (Å²) in [5, 5.41) is 0. The Morgan fingerprint density at radius 2 is 1.88 bits per heavy atom. The minimum absolute atomic E-state index is 0.467. The molecule has 1 saturated heterocycles. The number of likely N-dealkylation sites (tertiary alicyclic amines) is 1. The second-order valence-corrected chi connectivity index (χ2v) is 5.96.